The van der Waals surface area contributed by atoms with Crippen molar-refractivity contribution in [2.75, 3.05) is 28.4 Å². The van der Waals surface area contributed by atoms with E-state index in [1.54, 1.807) is 28.4 Å². The second-order valence-corrected chi connectivity index (χ2v) is 8.98. The van der Waals surface area contributed by atoms with Gasteiger partial charge in [0.1, 0.15) is 18.5 Å². The van der Waals surface area contributed by atoms with Crippen molar-refractivity contribution in [1.82, 2.24) is 10.2 Å². The normalized spacial score (nSPS) is 19.6. The first kappa shape index (κ1) is 23.0. The molecule has 2 aromatic carbocycles. The quantitative estimate of drug-likeness (QED) is 0.362. The number of aromatic nitrogens is 2. The van der Waals surface area contributed by atoms with Gasteiger partial charge >= 0.3 is 0 Å². The van der Waals surface area contributed by atoms with E-state index in [9.17, 15) is 0 Å². The van der Waals surface area contributed by atoms with Crippen LogP contribution in [0, 0.1) is 5.92 Å². The minimum absolute atomic E-state index is 0.391. The number of rotatable bonds is 8. The number of allylic oxidation sites excluding steroid dienone is 1. The lowest BCUT2D eigenvalue weighted by Crippen LogP contribution is -2.31. The highest BCUT2D eigenvalue weighted by atomic mass is 16.6. The molecule has 1 saturated carbocycles. The monoisotopic (exact) mass is 473 g/mol. The minimum Gasteiger partial charge on any atom is -0.493 e. The largest absolute Gasteiger partial charge is 0.493 e. The molecule has 1 fully saturated rings. The minimum atomic E-state index is -0.502. The fourth-order valence-corrected chi connectivity index (χ4v) is 5.28. The molecule has 1 unspecified atom stereocenters. The Morgan fingerprint density at radius 1 is 0.971 bits per heavy atom. The summed E-state index contributed by atoms with van der Waals surface area (Å²) in [5.41, 5.74) is 5.56. The molecule has 0 spiro atoms. The Labute approximate surface area is 205 Å². The first-order valence-corrected chi connectivity index (χ1v) is 11.9. The van der Waals surface area contributed by atoms with E-state index in [0.717, 1.165) is 46.6 Å². The van der Waals surface area contributed by atoms with Crippen LogP contribution in [0.3, 0.4) is 0 Å². The molecule has 0 saturated heterocycles. The van der Waals surface area contributed by atoms with Crippen molar-refractivity contribution in [1.29, 1.82) is 0 Å². The Morgan fingerprint density at radius 3 is 2.37 bits per heavy atom. The zero-order valence-corrected chi connectivity index (χ0v) is 20.6. The molecule has 7 nitrogen and oxygen atoms in total. The number of nitrogens with zero attached hydrogens (tertiary/aromatic N) is 2. The number of oxime groups is 1. The van der Waals surface area contributed by atoms with E-state index >= 15 is 0 Å². The molecule has 0 aliphatic heterocycles. The highest BCUT2D eigenvalue weighted by Gasteiger charge is 2.41. The Balaban J connectivity index is 1.68. The van der Waals surface area contributed by atoms with Gasteiger partial charge in [0.15, 0.2) is 11.5 Å². The summed E-state index contributed by atoms with van der Waals surface area (Å²) < 4.78 is 17.2. The van der Waals surface area contributed by atoms with Crippen LogP contribution in [0.2, 0.25) is 0 Å². The third-order valence-electron chi connectivity index (χ3n) is 7.27. The fraction of sp³-hybridized carbons (Fsp3) is 0.357. The molecule has 0 radical (unpaired) electrons. The molecule has 35 heavy (non-hydrogen) atoms. The summed E-state index contributed by atoms with van der Waals surface area (Å²) in [7, 11) is 6.52. The molecule has 5 rings (SSSR count). The van der Waals surface area contributed by atoms with Crippen molar-refractivity contribution >= 4 is 11.8 Å². The van der Waals surface area contributed by atoms with Gasteiger partial charge in [0.25, 0.3) is 0 Å². The van der Waals surface area contributed by atoms with Crippen LogP contribution in [-0.2, 0) is 16.7 Å². The predicted molar refractivity (Wildman–Crippen MR) is 136 cm³/mol. The molecule has 1 N–H and O–H groups in total. The van der Waals surface area contributed by atoms with Crippen molar-refractivity contribution in [2.45, 2.75) is 31.1 Å². The van der Waals surface area contributed by atoms with Gasteiger partial charge in [0.2, 0.25) is 5.75 Å². The highest BCUT2D eigenvalue weighted by Crippen LogP contribution is 2.50. The SMILES string of the molecule is CON=C(c1n[nH]c2c1C=CC(c1ccccc1)(c1ccc(OC)c(OC)c1OC)C2)C1CCC1. The summed E-state index contributed by atoms with van der Waals surface area (Å²) in [6, 6.07) is 14.4. The molecule has 2 aliphatic carbocycles. The van der Waals surface area contributed by atoms with Crippen LogP contribution < -0.4 is 14.2 Å². The van der Waals surface area contributed by atoms with Crippen molar-refractivity contribution in [3.63, 3.8) is 0 Å². The van der Waals surface area contributed by atoms with Crippen LogP contribution in [0.15, 0.2) is 53.7 Å². The van der Waals surface area contributed by atoms with Crippen LogP contribution >= 0.6 is 0 Å². The Bertz CT molecular complexity index is 1260. The lowest BCUT2D eigenvalue weighted by atomic mass is 9.67. The van der Waals surface area contributed by atoms with Crippen LogP contribution in [0.4, 0.5) is 0 Å². The molecule has 1 atom stereocenters. The van der Waals surface area contributed by atoms with E-state index < -0.39 is 5.41 Å². The zero-order valence-electron chi connectivity index (χ0n) is 20.6. The van der Waals surface area contributed by atoms with Gasteiger partial charge < -0.3 is 19.0 Å². The standard InChI is InChI=1S/C28H31N3O4/c1-32-23-14-13-21(26(33-2)27(23)34-3)28(19-11-6-5-7-12-19)16-15-20-22(17-28)29-30-25(20)24(31-35-4)18-9-8-10-18/h5-7,11-16,18H,8-10,17H2,1-4H3,(H,29,30). The van der Waals surface area contributed by atoms with Crippen LogP contribution in [-0.4, -0.2) is 44.3 Å². The predicted octanol–water partition coefficient (Wildman–Crippen LogP) is 5.14. The average Bonchev–Trinajstić information content (AvgIpc) is 3.29. The van der Waals surface area contributed by atoms with Gasteiger partial charge in [-0.2, -0.15) is 5.10 Å². The third-order valence-corrected chi connectivity index (χ3v) is 7.27. The lowest BCUT2D eigenvalue weighted by Gasteiger charge is -2.36. The van der Waals surface area contributed by atoms with E-state index in [1.807, 2.05) is 12.1 Å². The Hall–Kier alpha value is -3.74. The Morgan fingerprint density at radius 2 is 1.74 bits per heavy atom. The fourth-order valence-electron chi connectivity index (χ4n) is 5.28. The highest BCUT2D eigenvalue weighted by molar-refractivity contribution is 6.04. The second kappa shape index (κ2) is 9.49. The summed E-state index contributed by atoms with van der Waals surface area (Å²) in [6.07, 6.45) is 8.52. The van der Waals surface area contributed by atoms with Gasteiger partial charge in [-0.25, -0.2) is 0 Å². The maximum atomic E-state index is 5.93. The summed E-state index contributed by atoms with van der Waals surface area (Å²) >= 11 is 0. The number of aromatic amines is 1. The van der Waals surface area contributed by atoms with Gasteiger partial charge in [-0.1, -0.05) is 60.1 Å². The maximum Gasteiger partial charge on any atom is 0.203 e. The number of H-pyrrole nitrogens is 1. The van der Waals surface area contributed by atoms with Gasteiger partial charge in [-0.3, -0.25) is 5.10 Å². The first-order valence-electron chi connectivity index (χ1n) is 11.9. The summed E-state index contributed by atoms with van der Waals surface area (Å²) in [4.78, 5) is 5.20. The van der Waals surface area contributed by atoms with Crippen LogP contribution in [0.25, 0.3) is 6.08 Å². The molecule has 182 valence electrons. The molecule has 1 aromatic heterocycles. The molecule has 1 heterocycles. The smallest absolute Gasteiger partial charge is 0.203 e. The first-order chi connectivity index (χ1) is 17.2. The number of hydrogen-bond acceptors (Lipinski definition) is 6. The molecule has 0 bridgehead atoms. The van der Waals surface area contributed by atoms with Crippen molar-refractivity contribution < 1.29 is 19.0 Å². The van der Waals surface area contributed by atoms with E-state index in [-0.39, 0.29) is 0 Å². The third kappa shape index (κ3) is 3.75. The number of fused-ring (bicyclic) bond motifs is 1. The maximum absolute atomic E-state index is 5.93. The zero-order chi connectivity index (χ0) is 24.4. The van der Waals surface area contributed by atoms with Crippen molar-refractivity contribution in [2.24, 2.45) is 11.1 Å². The lowest BCUT2D eigenvalue weighted by molar-refractivity contribution is 0.208. The molecule has 3 aromatic rings. The van der Waals surface area contributed by atoms with Crippen molar-refractivity contribution in [3.8, 4) is 17.2 Å². The number of methoxy groups -OCH3 is 3. The molecular formula is C28H31N3O4. The van der Waals surface area contributed by atoms with E-state index in [0.29, 0.717) is 29.6 Å². The van der Waals surface area contributed by atoms with Gasteiger partial charge in [0.05, 0.1) is 21.3 Å². The van der Waals surface area contributed by atoms with Gasteiger partial charge in [0, 0.05) is 34.6 Å². The molecule has 7 heteroatoms. The summed E-state index contributed by atoms with van der Waals surface area (Å²) in [6.45, 7) is 0. The topological polar surface area (TPSA) is 78.0 Å². The van der Waals surface area contributed by atoms with Crippen LogP contribution in [0.5, 0.6) is 17.2 Å². The van der Waals surface area contributed by atoms with Crippen LogP contribution in [0.1, 0.15) is 47.3 Å². The number of hydrogen-bond donors (Lipinski definition) is 1. The summed E-state index contributed by atoms with van der Waals surface area (Å²) in [5, 5.41) is 12.4. The van der Waals surface area contributed by atoms with E-state index in [1.165, 1.54) is 6.42 Å². The van der Waals surface area contributed by atoms with E-state index in [4.69, 9.17) is 24.1 Å². The Kier molecular flexibility index (Phi) is 6.24. The number of ether oxygens (including phenoxy) is 3. The molecular weight excluding hydrogens is 442 g/mol. The summed E-state index contributed by atoms with van der Waals surface area (Å²) in [5.74, 6) is 2.25. The van der Waals surface area contributed by atoms with Crippen molar-refractivity contribution in [3.05, 3.63) is 76.6 Å². The van der Waals surface area contributed by atoms with E-state index in [2.05, 4.69) is 52.7 Å². The van der Waals surface area contributed by atoms with Gasteiger partial charge in [-0.15, -0.1) is 0 Å². The number of benzene rings is 2. The molecule has 0 amide bonds. The number of nitrogens with one attached hydrogen (secondary N) is 1. The second-order valence-electron chi connectivity index (χ2n) is 8.98. The van der Waals surface area contributed by atoms with Gasteiger partial charge in [-0.05, 0) is 24.5 Å². The average molecular weight is 474 g/mol. The molecule has 2 aliphatic rings.